The zero-order valence-electron chi connectivity index (χ0n) is 32.7. The number of nitrogens with zero attached hydrogens (tertiary/aromatic N) is 3. The Hall–Kier alpha value is -5.41. The summed E-state index contributed by atoms with van der Waals surface area (Å²) in [4.78, 5) is 56.9. The van der Waals surface area contributed by atoms with E-state index in [1.165, 1.54) is 19.1 Å². The zero-order valence-corrected chi connectivity index (χ0v) is 33.7. The summed E-state index contributed by atoms with van der Waals surface area (Å²) in [5.41, 5.74) is 2.01. The number of aliphatic hydroxyl groups excluding tert-OH is 2. The third kappa shape index (κ3) is 7.11. The lowest BCUT2D eigenvalue weighted by atomic mass is 9.82. The Balaban J connectivity index is 1.29. The summed E-state index contributed by atoms with van der Waals surface area (Å²) in [7, 11) is -1.07. The van der Waals surface area contributed by atoms with Gasteiger partial charge < -0.3 is 34.8 Å². The molecule has 3 amide bonds. The molecule has 0 bridgehead atoms. The number of benzene rings is 4. The SMILES string of the molecule is COc1ccc([Si](C)(C)[C@@H]2[C@@H](CC(=O)N3Cc4ccccc4C[C@H]3CO)O[C@]3(C(=O)N(Cc4ccc(NC(=O)[C@H](C)O)cc4)c4ccc([N+](=O)[O-])cc43)[C@H]2C)cc1. The first kappa shape index (κ1) is 39.8. The average molecular weight is 793 g/mol. The summed E-state index contributed by atoms with van der Waals surface area (Å²) in [5, 5.41) is 36.0. The average Bonchev–Trinajstić information content (AvgIpc) is 3.63. The summed E-state index contributed by atoms with van der Waals surface area (Å²) < 4.78 is 12.6. The standard InChI is InChI=1S/C43H48N4O9Si/c1-26-40(57(4,5)35-17-15-34(55-3)16-18-35)38(22-39(50)45-24-30-9-7-6-8-29(30)20-33(45)25-48)56-43(26)36-21-32(47(53)54)14-19-37(36)46(42(43)52)23-28-10-12-31(13-11-28)44-41(51)27(2)49/h6-19,21,26-27,33,38,40,48-49H,20,22-25H2,1-5H3,(H,44,51)/t26-,27-,33-,38+,40-,43+/m0/s1. The van der Waals surface area contributed by atoms with E-state index in [-0.39, 0.29) is 42.6 Å². The maximum Gasteiger partial charge on any atom is 0.269 e. The fraction of sp³-hybridized carbons (Fsp3) is 0.372. The molecule has 298 valence electrons. The van der Waals surface area contributed by atoms with E-state index < -0.39 is 48.7 Å². The van der Waals surface area contributed by atoms with Crippen molar-refractivity contribution >= 4 is 48.0 Å². The lowest BCUT2D eigenvalue weighted by Crippen LogP contribution is -2.52. The minimum Gasteiger partial charge on any atom is -0.497 e. The maximum atomic E-state index is 15.2. The van der Waals surface area contributed by atoms with Crippen LogP contribution in [0.25, 0.3) is 0 Å². The lowest BCUT2D eigenvalue weighted by molar-refractivity contribution is -0.385. The number of hydrogen-bond donors (Lipinski definition) is 3. The van der Waals surface area contributed by atoms with E-state index in [0.717, 1.165) is 21.9 Å². The number of anilines is 2. The molecule has 1 fully saturated rings. The number of non-ortho nitro benzene ring substituents is 1. The van der Waals surface area contributed by atoms with Gasteiger partial charge in [0.15, 0.2) is 5.60 Å². The molecule has 3 heterocycles. The van der Waals surface area contributed by atoms with Crippen LogP contribution in [0.1, 0.15) is 42.5 Å². The van der Waals surface area contributed by atoms with Crippen LogP contribution in [0, 0.1) is 16.0 Å². The summed E-state index contributed by atoms with van der Waals surface area (Å²) >= 11 is 0. The number of aliphatic hydroxyl groups is 2. The van der Waals surface area contributed by atoms with Gasteiger partial charge in [0.2, 0.25) is 5.91 Å². The molecule has 0 unspecified atom stereocenters. The van der Waals surface area contributed by atoms with Gasteiger partial charge in [-0.05, 0) is 65.9 Å². The molecule has 0 aromatic heterocycles. The first-order chi connectivity index (χ1) is 27.2. The highest BCUT2D eigenvalue weighted by molar-refractivity contribution is 6.91. The third-order valence-corrected chi connectivity index (χ3v) is 16.6. The number of amides is 3. The number of nitro benzene ring substituents is 1. The Bertz CT molecular complexity index is 2200. The van der Waals surface area contributed by atoms with Crippen LogP contribution in [0.2, 0.25) is 18.6 Å². The van der Waals surface area contributed by atoms with Gasteiger partial charge in [0, 0.05) is 35.8 Å². The van der Waals surface area contributed by atoms with Crippen molar-refractivity contribution in [3.8, 4) is 5.75 Å². The molecule has 0 aliphatic carbocycles. The highest BCUT2D eigenvalue weighted by Crippen LogP contribution is 2.60. The molecule has 3 aliphatic heterocycles. The number of ether oxygens (including phenoxy) is 2. The van der Waals surface area contributed by atoms with Gasteiger partial charge in [-0.3, -0.25) is 24.5 Å². The fourth-order valence-electron chi connectivity index (χ4n) is 9.23. The van der Waals surface area contributed by atoms with E-state index >= 15 is 4.79 Å². The molecule has 1 spiro atoms. The number of fused-ring (bicyclic) bond motifs is 3. The Morgan fingerprint density at radius 1 is 1.05 bits per heavy atom. The smallest absolute Gasteiger partial charge is 0.269 e. The fourth-order valence-corrected chi connectivity index (χ4v) is 13.2. The molecule has 0 saturated carbocycles. The van der Waals surface area contributed by atoms with Crippen LogP contribution in [-0.2, 0) is 44.2 Å². The molecular weight excluding hydrogens is 745 g/mol. The molecule has 7 rings (SSSR count). The molecule has 57 heavy (non-hydrogen) atoms. The van der Waals surface area contributed by atoms with Crippen molar-refractivity contribution in [1.82, 2.24) is 4.90 Å². The summed E-state index contributed by atoms with van der Waals surface area (Å²) in [6, 6.07) is 26.6. The number of rotatable bonds is 11. The first-order valence-electron chi connectivity index (χ1n) is 19.2. The summed E-state index contributed by atoms with van der Waals surface area (Å²) in [5.74, 6) is -0.957. The quantitative estimate of drug-likeness (QED) is 0.107. The second kappa shape index (κ2) is 15.5. The molecule has 13 nitrogen and oxygen atoms in total. The van der Waals surface area contributed by atoms with Crippen LogP contribution >= 0.6 is 0 Å². The van der Waals surface area contributed by atoms with Gasteiger partial charge in [-0.15, -0.1) is 0 Å². The molecule has 4 aromatic rings. The van der Waals surface area contributed by atoms with Crippen LogP contribution in [0.5, 0.6) is 5.75 Å². The monoisotopic (exact) mass is 792 g/mol. The number of carbonyl (C=O) groups is 3. The van der Waals surface area contributed by atoms with Gasteiger partial charge in [0.1, 0.15) is 11.9 Å². The minimum absolute atomic E-state index is 0.0564. The molecule has 14 heteroatoms. The Morgan fingerprint density at radius 3 is 2.37 bits per heavy atom. The van der Waals surface area contributed by atoms with E-state index in [1.54, 1.807) is 47.2 Å². The summed E-state index contributed by atoms with van der Waals surface area (Å²) in [6.07, 6.45) is -1.48. The molecule has 1 saturated heterocycles. The number of hydrogen-bond acceptors (Lipinski definition) is 9. The predicted octanol–water partition coefficient (Wildman–Crippen LogP) is 5.02. The Labute approximate surface area is 332 Å². The lowest BCUT2D eigenvalue weighted by Gasteiger charge is -2.39. The van der Waals surface area contributed by atoms with E-state index in [1.807, 2.05) is 55.5 Å². The molecule has 6 atom stereocenters. The van der Waals surface area contributed by atoms with Gasteiger partial charge in [-0.25, -0.2) is 0 Å². The maximum absolute atomic E-state index is 15.2. The van der Waals surface area contributed by atoms with Crippen molar-refractivity contribution in [2.24, 2.45) is 5.92 Å². The molecule has 3 N–H and O–H groups in total. The molecular formula is C43H48N4O9Si. The van der Waals surface area contributed by atoms with Crippen LogP contribution in [0.15, 0.2) is 91.0 Å². The number of nitro groups is 1. The van der Waals surface area contributed by atoms with Crippen LogP contribution < -0.4 is 20.1 Å². The van der Waals surface area contributed by atoms with Crippen molar-refractivity contribution in [2.75, 3.05) is 23.9 Å². The number of carbonyl (C=O) groups excluding carboxylic acids is 3. The zero-order chi connectivity index (χ0) is 40.8. The van der Waals surface area contributed by atoms with Gasteiger partial charge in [0.25, 0.3) is 17.5 Å². The summed E-state index contributed by atoms with van der Waals surface area (Å²) in [6.45, 7) is 7.97. The first-order valence-corrected chi connectivity index (χ1v) is 22.3. The highest BCUT2D eigenvalue weighted by Gasteiger charge is 2.67. The molecule has 0 radical (unpaired) electrons. The van der Waals surface area contributed by atoms with Gasteiger partial charge in [0.05, 0.1) is 57.5 Å². The van der Waals surface area contributed by atoms with Crippen LogP contribution in [0.3, 0.4) is 0 Å². The van der Waals surface area contributed by atoms with Gasteiger partial charge in [-0.1, -0.05) is 73.7 Å². The highest BCUT2D eigenvalue weighted by atomic mass is 28.3. The second-order valence-electron chi connectivity index (χ2n) is 15.9. The third-order valence-electron chi connectivity index (χ3n) is 12.2. The molecule has 4 aromatic carbocycles. The van der Waals surface area contributed by atoms with Gasteiger partial charge in [-0.2, -0.15) is 0 Å². The van der Waals surface area contributed by atoms with Crippen molar-refractivity contribution in [1.29, 1.82) is 0 Å². The topological polar surface area (TPSA) is 172 Å². The largest absolute Gasteiger partial charge is 0.497 e. The van der Waals surface area contributed by atoms with Gasteiger partial charge >= 0.3 is 0 Å². The van der Waals surface area contributed by atoms with E-state index in [9.17, 15) is 29.9 Å². The van der Waals surface area contributed by atoms with Crippen molar-refractivity contribution in [3.05, 3.63) is 123 Å². The molecule has 3 aliphatic rings. The Kier molecular flexibility index (Phi) is 10.8. The second-order valence-corrected chi connectivity index (χ2v) is 20.6. The number of methoxy groups -OCH3 is 1. The number of nitrogens with one attached hydrogen (secondary N) is 1. The van der Waals surface area contributed by atoms with E-state index in [0.29, 0.717) is 35.7 Å². The van der Waals surface area contributed by atoms with Crippen LogP contribution in [0.4, 0.5) is 17.1 Å². The van der Waals surface area contributed by atoms with Crippen molar-refractivity contribution in [2.45, 2.75) is 82.3 Å². The van der Waals surface area contributed by atoms with Crippen LogP contribution in [-0.4, -0.2) is 77.8 Å². The predicted molar refractivity (Wildman–Crippen MR) is 217 cm³/mol. The van der Waals surface area contributed by atoms with E-state index in [4.69, 9.17) is 9.47 Å². The normalized spacial score (nSPS) is 23.2. The minimum atomic E-state index is -2.67. The Morgan fingerprint density at radius 2 is 1.74 bits per heavy atom. The van der Waals surface area contributed by atoms with E-state index in [2.05, 4.69) is 18.4 Å². The van der Waals surface area contributed by atoms with Crippen molar-refractivity contribution < 1.29 is 39.0 Å². The van der Waals surface area contributed by atoms with Crippen molar-refractivity contribution in [3.63, 3.8) is 0 Å².